The molecule has 0 saturated heterocycles. The van der Waals surface area contributed by atoms with Crippen LogP contribution in [0.1, 0.15) is 0 Å². The van der Waals surface area contributed by atoms with E-state index in [4.69, 9.17) is 0 Å². The second-order valence-corrected chi connectivity index (χ2v) is 3.41. The summed E-state index contributed by atoms with van der Waals surface area (Å²) in [6, 6.07) is 0. The van der Waals surface area contributed by atoms with Gasteiger partial charge in [0.05, 0.1) is 0 Å². The van der Waals surface area contributed by atoms with Crippen LogP contribution in [0.3, 0.4) is 0 Å². The van der Waals surface area contributed by atoms with Crippen molar-refractivity contribution in [2.45, 2.75) is 0 Å². The summed E-state index contributed by atoms with van der Waals surface area (Å²) in [4.78, 5) is 3.63. The van der Waals surface area contributed by atoms with E-state index in [2.05, 4.69) is 9.36 Å². The Bertz CT molecular complexity index is 227. The minimum absolute atomic E-state index is 1.35. The average molecular weight is 130 g/mol. The zero-order valence-corrected chi connectivity index (χ0v) is 5.26. The number of nitrogens with zero attached hydrogens (tertiary/aromatic N) is 2. The van der Waals surface area contributed by atoms with E-state index in [1.165, 1.54) is 24.2 Å². The number of aliphatic imine (C=N–C) groups is 1. The molecule has 0 aliphatic carbocycles. The first kappa shape index (κ1) is 5.50. The predicted octanol–water partition coefficient (Wildman–Crippen LogP) is 0.597. The molecule has 8 heavy (non-hydrogen) atoms. The topological polar surface area (TPSA) is 41.8 Å². The summed E-state index contributed by atoms with van der Waals surface area (Å²) in [5.41, 5.74) is 1.35. The quantitative estimate of drug-likeness (QED) is 0.473. The Morgan fingerprint density at radius 3 is 2.75 bits per heavy atom. The van der Waals surface area contributed by atoms with Crippen LogP contribution in [0.2, 0.25) is 0 Å². The van der Waals surface area contributed by atoms with Crippen LogP contribution in [-0.4, -0.2) is 16.8 Å². The molecule has 1 aliphatic rings. The predicted molar refractivity (Wildman–Crippen MR) is 34.1 cm³/mol. The molecule has 1 atom stereocenters. The van der Waals surface area contributed by atoms with Crippen LogP contribution < -0.4 is 0 Å². The van der Waals surface area contributed by atoms with Gasteiger partial charge in [0.1, 0.15) is 15.3 Å². The van der Waals surface area contributed by atoms with Crippen molar-refractivity contribution in [2.24, 2.45) is 9.36 Å². The molecule has 1 rings (SSSR count). The SMILES string of the molecule is CN=S1(=O)C=CN=C1. The van der Waals surface area contributed by atoms with Gasteiger partial charge >= 0.3 is 0 Å². The first-order chi connectivity index (χ1) is 3.77. The summed E-state index contributed by atoms with van der Waals surface area (Å²) in [5, 5.41) is 1.49. The smallest absolute Gasteiger partial charge is 0.109 e. The lowest BCUT2D eigenvalue weighted by Gasteiger charge is -1.83. The zero-order valence-electron chi connectivity index (χ0n) is 4.44. The number of rotatable bonds is 0. The molecule has 0 amide bonds. The number of hydrogen-bond donors (Lipinski definition) is 0. The molecule has 1 heterocycles. The van der Waals surface area contributed by atoms with Gasteiger partial charge in [-0.05, 0) is 0 Å². The highest BCUT2D eigenvalue weighted by Crippen LogP contribution is 1.99. The van der Waals surface area contributed by atoms with Crippen molar-refractivity contribution in [3.8, 4) is 0 Å². The first-order valence-electron chi connectivity index (χ1n) is 2.12. The van der Waals surface area contributed by atoms with Crippen LogP contribution >= 0.6 is 0 Å². The highest BCUT2D eigenvalue weighted by molar-refractivity contribution is 8.09. The highest BCUT2D eigenvalue weighted by atomic mass is 32.2. The second kappa shape index (κ2) is 1.70. The van der Waals surface area contributed by atoms with Crippen molar-refractivity contribution >= 4 is 15.3 Å². The Kier molecular flexibility index (Phi) is 1.17. The van der Waals surface area contributed by atoms with Crippen LogP contribution in [0, 0.1) is 0 Å². The van der Waals surface area contributed by atoms with E-state index in [9.17, 15) is 4.21 Å². The average Bonchev–Trinajstić information content (AvgIpc) is 2.17. The van der Waals surface area contributed by atoms with Gasteiger partial charge in [-0.3, -0.25) is 4.99 Å². The molecule has 0 aromatic heterocycles. The van der Waals surface area contributed by atoms with Gasteiger partial charge in [-0.15, -0.1) is 0 Å². The fourth-order valence-electron chi connectivity index (χ4n) is 0.388. The van der Waals surface area contributed by atoms with Gasteiger partial charge < -0.3 is 0 Å². The van der Waals surface area contributed by atoms with Crippen molar-refractivity contribution < 1.29 is 4.21 Å². The fraction of sp³-hybridized carbons (Fsp3) is 0.250. The Morgan fingerprint density at radius 1 is 1.75 bits per heavy atom. The maximum atomic E-state index is 11.0. The van der Waals surface area contributed by atoms with Crippen molar-refractivity contribution in [3.05, 3.63) is 11.6 Å². The fourth-order valence-corrected chi connectivity index (χ4v) is 1.16. The van der Waals surface area contributed by atoms with E-state index < -0.39 is 9.73 Å². The van der Waals surface area contributed by atoms with Gasteiger partial charge in [0.2, 0.25) is 0 Å². The Morgan fingerprint density at radius 2 is 2.50 bits per heavy atom. The van der Waals surface area contributed by atoms with E-state index in [1.54, 1.807) is 0 Å². The molecule has 0 aromatic rings. The van der Waals surface area contributed by atoms with E-state index in [0.29, 0.717) is 0 Å². The van der Waals surface area contributed by atoms with Gasteiger partial charge in [0, 0.05) is 18.7 Å². The molecule has 1 aliphatic heterocycles. The Hall–Kier alpha value is -0.640. The summed E-state index contributed by atoms with van der Waals surface area (Å²) in [7, 11) is -0.621. The molecule has 3 nitrogen and oxygen atoms in total. The Balaban J connectivity index is 3.23. The van der Waals surface area contributed by atoms with E-state index >= 15 is 0 Å². The lowest BCUT2D eigenvalue weighted by Crippen LogP contribution is -1.89. The van der Waals surface area contributed by atoms with Crippen LogP contribution in [0.4, 0.5) is 0 Å². The van der Waals surface area contributed by atoms with Gasteiger partial charge in [-0.1, -0.05) is 0 Å². The molecule has 0 N–H and O–H groups in total. The monoisotopic (exact) mass is 130 g/mol. The minimum Gasteiger partial charge on any atom is -0.253 e. The largest absolute Gasteiger partial charge is 0.253 e. The van der Waals surface area contributed by atoms with Crippen LogP contribution in [0.15, 0.2) is 21.0 Å². The molecular weight excluding hydrogens is 124 g/mol. The van der Waals surface area contributed by atoms with Crippen molar-refractivity contribution in [3.63, 3.8) is 0 Å². The summed E-state index contributed by atoms with van der Waals surface area (Å²) in [6.45, 7) is 0. The molecule has 0 fully saturated rings. The molecule has 1 unspecified atom stereocenters. The minimum atomic E-state index is -2.14. The van der Waals surface area contributed by atoms with Crippen LogP contribution in [0.25, 0.3) is 0 Å². The molecule has 4 heteroatoms. The third-order valence-corrected chi connectivity index (χ3v) is 2.35. The highest BCUT2D eigenvalue weighted by Gasteiger charge is 1.99. The molecule has 0 radical (unpaired) electrons. The number of hydrogen-bond acceptors (Lipinski definition) is 3. The normalized spacial score (nSPS) is 33.6. The molecule has 0 bridgehead atoms. The maximum absolute atomic E-state index is 11.0. The lowest BCUT2D eigenvalue weighted by molar-refractivity contribution is 0.689. The summed E-state index contributed by atoms with van der Waals surface area (Å²) in [5.74, 6) is 0. The van der Waals surface area contributed by atoms with E-state index in [-0.39, 0.29) is 0 Å². The van der Waals surface area contributed by atoms with Crippen LogP contribution in [0.5, 0.6) is 0 Å². The first-order valence-corrected chi connectivity index (χ1v) is 3.76. The Labute approximate surface area is 48.3 Å². The van der Waals surface area contributed by atoms with E-state index in [0.717, 1.165) is 0 Å². The summed E-state index contributed by atoms with van der Waals surface area (Å²) < 4.78 is 14.6. The van der Waals surface area contributed by atoms with Gasteiger partial charge in [0.25, 0.3) is 0 Å². The third-order valence-electron chi connectivity index (χ3n) is 0.839. The van der Waals surface area contributed by atoms with E-state index in [1.807, 2.05) is 0 Å². The molecular formula is C4H6N2OS. The standard InChI is InChI=1S/C4H6N2OS/c1-5-8(7)3-2-6-4-8/h2-4H,1H3. The van der Waals surface area contributed by atoms with Crippen molar-refractivity contribution in [1.82, 2.24) is 0 Å². The molecule has 0 saturated carbocycles. The summed E-state index contributed by atoms with van der Waals surface area (Å²) in [6.07, 6.45) is 1.50. The third kappa shape index (κ3) is 0.790. The van der Waals surface area contributed by atoms with Gasteiger partial charge in [-0.25, -0.2) is 8.57 Å². The molecule has 0 spiro atoms. The van der Waals surface area contributed by atoms with Gasteiger partial charge in [0.15, 0.2) is 0 Å². The summed E-state index contributed by atoms with van der Waals surface area (Å²) >= 11 is 0. The van der Waals surface area contributed by atoms with Crippen molar-refractivity contribution in [2.75, 3.05) is 7.05 Å². The molecule has 44 valence electrons. The second-order valence-electron chi connectivity index (χ2n) is 1.34. The zero-order chi connectivity index (χ0) is 6.04. The van der Waals surface area contributed by atoms with Crippen molar-refractivity contribution in [1.29, 1.82) is 0 Å². The van der Waals surface area contributed by atoms with Gasteiger partial charge in [-0.2, -0.15) is 0 Å². The van der Waals surface area contributed by atoms with Crippen LogP contribution in [-0.2, 0) is 9.73 Å². The maximum Gasteiger partial charge on any atom is 0.109 e. The lowest BCUT2D eigenvalue weighted by atomic mass is 11.1. The molecule has 0 aromatic carbocycles.